The van der Waals surface area contributed by atoms with Gasteiger partial charge in [0, 0.05) is 33.6 Å². The normalized spacial score (nSPS) is 15.0. The number of aliphatic hydroxyl groups excluding tert-OH is 1. The number of nitrogens with one attached hydrogen (secondary N) is 2. The predicted molar refractivity (Wildman–Crippen MR) is 117 cm³/mol. The van der Waals surface area contributed by atoms with Gasteiger partial charge in [-0.25, -0.2) is 9.98 Å². The third-order valence-corrected chi connectivity index (χ3v) is 5.16. The number of aromatic nitrogens is 1. The number of fused-ring (bicyclic) bond motifs is 1. The van der Waals surface area contributed by atoms with Gasteiger partial charge in [0.15, 0.2) is 5.70 Å². The highest BCUT2D eigenvalue weighted by molar-refractivity contribution is 6.31. The van der Waals surface area contributed by atoms with Gasteiger partial charge in [-0.15, -0.1) is 0 Å². The van der Waals surface area contributed by atoms with Crippen LogP contribution in [-0.2, 0) is 4.79 Å². The molecule has 3 N–H and O–H groups in total. The number of rotatable bonds is 5. The van der Waals surface area contributed by atoms with Gasteiger partial charge in [0.1, 0.15) is 6.10 Å². The molecular weight excluding hydrogens is 453 g/mol. The summed E-state index contributed by atoms with van der Waals surface area (Å²) in [6, 6.07) is 14.3. The third kappa shape index (κ3) is 4.52. The minimum atomic E-state index is -1.41. The number of hydrogen-bond donors (Lipinski definition) is 3. The Morgan fingerprint density at radius 3 is 2.44 bits per heavy atom. The molecule has 0 spiro atoms. The topological polar surface area (TPSA) is 116 Å². The molecule has 32 heavy (non-hydrogen) atoms. The summed E-state index contributed by atoms with van der Waals surface area (Å²) in [4.78, 5) is 37.5. The zero-order valence-electron chi connectivity index (χ0n) is 16.3. The van der Waals surface area contributed by atoms with Crippen molar-refractivity contribution in [2.75, 3.05) is 0 Å². The van der Waals surface area contributed by atoms with Crippen LogP contribution >= 0.6 is 23.2 Å². The second kappa shape index (κ2) is 9.27. The number of nitrogens with zero attached hydrogens (tertiary/aromatic N) is 3. The number of hydrazine groups is 1. The lowest BCUT2D eigenvalue weighted by Gasteiger charge is -2.21. The van der Waals surface area contributed by atoms with Crippen LogP contribution in [0.4, 0.5) is 0 Å². The summed E-state index contributed by atoms with van der Waals surface area (Å²) in [7, 11) is 0. The fourth-order valence-electron chi connectivity index (χ4n) is 3.00. The van der Waals surface area contributed by atoms with Crippen LogP contribution in [-0.4, -0.2) is 21.9 Å². The molecule has 1 aliphatic rings. The van der Waals surface area contributed by atoms with Gasteiger partial charge < -0.3 is 5.11 Å². The van der Waals surface area contributed by atoms with Crippen LogP contribution in [0.5, 0.6) is 0 Å². The number of halogens is 2. The molecule has 0 saturated carbocycles. The number of benzene rings is 2. The van der Waals surface area contributed by atoms with Crippen LogP contribution in [0.1, 0.15) is 22.0 Å². The maximum absolute atomic E-state index is 12.8. The Balaban J connectivity index is 1.78. The summed E-state index contributed by atoms with van der Waals surface area (Å²) in [5.74, 6) is -1.23. The Morgan fingerprint density at radius 2 is 1.69 bits per heavy atom. The maximum atomic E-state index is 12.8. The lowest BCUT2D eigenvalue weighted by molar-refractivity contribution is -0.115. The van der Waals surface area contributed by atoms with Crippen LogP contribution in [0.25, 0.3) is 0 Å². The van der Waals surface area contributed by atoms with Crippen molar-refractivity contribution in [3.63, 3.8) is 0 Å². The van der Waals surface area contributed by atoms with Gasteiger partial charge in [0.05, 0.1) is 16.4 Å². The molecule has 4 rings (SSSR count). The van der Waals surface area contributed by atoms with Crippen molar-refractivity contribution in [3.8, 4) is 0 Å². The summed E-state index contributed by atoms with van der Waals surface area (Å²) in [5, 5.41) is 12.4. The first-order chi connectivity index (χ1) is 15.4. The van der Waals surface area contributed by atoms with E-state index in [1.807, 2.05) is 0 Å². The van der Waals surface area contributed by atoms with E-state index in [0.29, 0.717) is 26.9 Å². The Labute approximate surface area is 191 Å². The third-order valence-electron chi connectivity index (χ3n) is 4.58. The van der Waals surface area contributed by atoms with Gasteiger partial charge in [-0.2, -0.15) is 0 Å². The number of pyridine rings is 1. The number of hydrogen-bond acceptors (Lipinski definition) is 6. The van der Waals surface area contributed by atoms with E-state index < -0.39 is 17.9 Å². The maximum Gasteiger partial charge on any atom is 0.298 e. The lowest BCUT2D eigenvalue weighted by atomic mass is 10.0. The summed E-state index contributed by atoms with van der Waals surface area (Å²) < 4.78 is 0. The highest BCUT2D eigenvalue weighted by atomic mass is 35.5. The average molecular weight is 468 g/mol. The average Bonchev–Trinajstić information content (AvgIpc) is 2.80. The molecule has 0 saturated heterocycles. The standard InChI is InChI=1S/C22H15Cl2N5O3/c23-13-5-6-16-17(11-13)27-22(32)19(26-16)18(20(30)14-3-1-2-4-15(14)24)28-29-21(31)12-7-9-25-10-8-12/h1-11,20,28,30H,(H,29,31)/b19-18-. The van der Waals surface area contributed by atoms with Gasteiger partial charge in [-0.3, -0.25) is 25.4 Å². The highest BCUT2D eigenvalue weighted by Gasteiger charge is 2.26. The van der Waals surface area contributed by atoms with Gasteiger partial charge in [-0.05, 0) is 36.4 Å². The number of amides is 2. The SMILES string of the molecule is O=C1N=c2cc(Cl)ccc2=N/C1=C(\NNC(=O)c1ccncc1)C(O)c1ccccc1Cl. The molecule has 2 aromatic carbocycles. The fraction of sp³-hybridized carbons (Fsp3) is 0.0455. The van der Waals surface area contributed by atoms with Crippen molar-refractivity contribution in [2.45, 2.75) is 6.10 Å². The second-order valence-corrected chi connectivity index (χ2v) is 7.51. The van der Waals surface area contributed by atoms with Gasteiger partial charge >= 0.3 is 0 Å². The molecule has 0 fully saturated rings. The Kier molecular flexibility index (Phi) is 6.27. The monoisotopic (exact) mass is 467 g/mol. The van der Waals surface area contributed by atoms with Crippen molar-refractivity contribution >= 4 is 35.0 Å². The molecule has 1 unspecified atom stereocenters. The molecule has 2 amide bonds. The Bertz CT molecular complexity index is 1360. The molecule has 1 aromatic heterocycles. The summed E-state index contributed by atoms with van der Waals surface area (Å²) in [6.45, 7) is 0. The molecule has 0 radical (unpaired) electrons. The van der Waals surface area contributed by atoms with E-state index in [9.17, 15) is 14.7 Å². The van der Waals surface area contributed by atoms with Gasteiger partial charge in [0.2, 0.25) is 0 Å². The van der Waals surface area contributed by atoms with Crippen molar-refractivity contribution < 1.29 is 14.7 Å². The minimum absolute atomic E-state index is 0.0881. The van der Waals surface area contributed by atoms with Crippen molar-refractivity contribution in [3.05, 3.63) is 110 Å². The molecule has 2 heterocycles. The van der Waals surface area contributed by atoms with E-state index in [1.165, 1.54) is 30.6 Å². The van der Waals surface area contributed by atoms with Crippen LogP contribution in [0.15, 0.2) is 88.4 Å². The summed E-state index contributed by atoms with van der Waals surface area (Å²) in [5.41, 5.74) is 5.47. The fourth-order valence-corrected chi connectivity index (χ4v) is 3.40. The van der Waals surface area contributed by atoms with Gasteiger partial charge in [0.25, 0.3) is 11.8 Å². The molecular formula is C22H15Cl2N5O3. The lowest BCUT2D eigenvalue weighted by Crippen LogP contribution is -2.41. The molecule has 1 aliphatic heterocycles. The molecule has 160 valence electrons. The molecule has 3 aromatic rings. The molecule has 10 heteroatoms. The zero-order chi connectivity index (χ0) is 22.7. The molecule has 0 aliphatic carbocycles. The van der Waals surface area contributed by atoms with Gasteiger partial charge in [-0.1, -0.05) is 41.4 Å². The summed E-state index contributed by atoms with van der Waals surface area (Å²) in [6.07, 6.45) is 1.52. The van der Waals surface area contributed by atoms with Crippen LogP contribution in [0, 0.1) is 0 Å². The minimum Gasteiger partial charge on any atom is -0.382 e. The van der Waals surface area contributed by atoms with Crippen molar-refractivity contribution in [1.29, 1.82) is 0 Å². The first-order valence-electron chi connectivity index (χ1n) is 9.34. The van der Waals surface area contributed by atoms with Crippen LogP contribution in [0.3, 0.4) is 0 Å². The molecule has 8 nitrogen and oxygen atoms in total. The highest BCUT2D eigenvalue weighted by Crippen LogP contribution is 2.29. The van der Waals surface area contributed by atoms with Crippen LogP contribution < -0.4 is 21.6 Å². The Morgan fingerprint density at radius 1 is 0.938 bits per heavy atom. The van der Waals surface area contributed by atoms with E-state index in [0.717, 1.165) is 0 Å². The van der Waals surface area contributed by atoms with Crippen molar-refractivity contribution in [1.82, 2.24) is 15.8 Å². The number of carbonyl (C=O) groups excluding carboxylic acids is 2. The van der Waals surface area contributed by atoms with E-state index in [4.69, 9.17) is 23.2 Å². The number of carbonyl (C=O) groups is 2. The largest absolute Gasteiger partial charge is 0.382 e. The first-order valence-corrected chi connectivity index (χ1v) is 10.1. The van der Waals surface area contributed by atoms with E-state index in [1.54, 1.807) is 36.4 Å². The van der Waals surface area contributed by atoms with E-state index in [2.05, 4.69) is 25.8 Å². The second-order valence-electron chi connectivity index (χ2n) is 6.66. The summed E-state index contributed by atoms with van der Waals surface area (Å²) >= 11 is 12.2. The quantitative estimate of drug-likeness (QED) is 0.392. The smallest absolute Gasteiger partial charge is 0.298 e. The zero-order valence-corrected chi connectivity index (χ0v) is 17.8. The van der Waals surface area contributed by atoms with Crippen molar-refractivity contribution in [2.24, 2.45) is 9.98 Å². The van der Waals surface area contributed by atoms with E-state index in [-0.39, 0.29) is 16.4 Å². The molecule has 1 atom stereocenters. The first kappa shape index (κ1) is 21.6. The number of aliphatic hydroxyl groups is 1. The molecule has 0 bridgehead atoms. The van der Waals surface area contributed by atoms with E-state index >= 15 is 0 Å². The van der Waals surface area contributed by atoms with Crippen LogP contribution in [0.2, 0.25) is 10.0 Å². The Hall–Kier alpha value is -3.59. The predicted octanol–water partition coefficient (Wildman–Crippen LogP) is 2.05.